The number of carbonyl (C=O) groups excluding carboxylic acids is 1. The number of anilines is 1. The molecule has 20 heavy (non-hydrogen) atoms. The SMILES string of the molecule is Cc1nn(CCC(=O)Nc2c(Cl)cccc2Cl)cc1I. The van der Waals surface area contributed by atoms with Crippen molar-refractivity contribution in [1.29, 1.82) is 0 Å². The van der Waals surface area contributed by atoms with E-state index in [-0.39, 0.29) is 5.91 Å². The van der Waals surface area contributed by atoms with Crippen LogP contribution < -0.4 is 5.32 Å². The van der Waals surface area contributed by atoms with E-state index in [9.17, 15) is 4.79 Å². The number of halogens is 3. The van der Waals surface area contributed by atoms with E-state index in [1.54, 1.807) is 22.9 Å². The van der Waals surface area contributed by atoms with E-state index in [1.807, 2.05) is 13.1 Å². The number of rotatable bonds is 4. The lowest BCUT2D eigenvalue weighted by Gasteiger charge is -2.09. The summed E-state index contributed by atoms with van der Waals surface area (Å²) >= 11 is 14.2. The number of nitrogens with zero attached hydrogens (tertiary/aromatic N) is 2. The maximum atomic E-state index is 11.9. The fraction of sp³-hybridized carbons (Fsp3) is 0.231. The highest BCUT2D eigenvalue weighted by atomic mass is 127. The first kappa shape index (κ1) is 15.6. The molecule has 0 atom stereocenters. The molecule has 1 heterocycles. The van der Waals surface area contributed by atoms with Crippen molar-refractivity contribution in [2.24, 2.45) is 0 Å². The lowest BCUT2D eigenvalue weighted by molar-refractivity contribution is -0.116. The van der Waals surface area contributed by atoms with Gasteiger partial charge in [0, 0.05) is 19.2 Å². The number of hydrogen-bond acceptors (Lipinski definition) is 2. The van der Waals surface area contributed by atoms with Crippen LogP contribution in [-0.2, 0) is 11.3 Å². The standard InChI is InChI=1S/C13H12Cl2IN3O/c1-8-11(16)7-19(18-8)6-5-12(20)17-13-9(14)3-2-4-10(13)15/h2-4,7H,5-6H2,1H3,(H,17,20). The van der Waals surface area contributed by atoms with Crippen molar-refractivity contribution in [2.75, 3.05) is 5.32 Å². The number of carbonyl (C=O) groups is 1. The number of para-hydroxylation sites is 1. The molecule has 0 aliphatic carbocycles. The molecule has 2 rings (SSSR count). The van der Waals surface area contributed by atoms with Crippen molar-refractivity contribution in [2.45, 2.75) is 19.9 Å². The summed E-state index contributed by atoms with van der Waals surface area (Å²) in [6.07, 6.45) is 2.21. The highest BCUT2D eigenvalue weighted by molar-refractivity contribution is 14.1. The third kappa shape index (κ3) is 3.86. The molecule has 1 aromatic carbocycles. The highest BCUT2D eigenvalue weighted by Crippen LogP contribution is 2.29. The molecule has 0 saturated carbocycles. The van der Waals surface area contributed by atoms with Crippen molar-refractivity contribution < 1.29 is 4.79 Å². The summed E-state index contributed by atoms with van der Waals surface area (Å²) in [4.78, 5) is 11.9. The molecule has 0 radical (unpaired) electrons. The van der Waals surface area contributed by atoms with Crippen LogP contribution in [0.4, 0.5) is 5.69 Å². The number of hydrogen-bond donors (Lipinski definition) is 1. The minimum absolute atomic E-state index is 0.150. The Hall–Kier alpha value is -0.790. The van der Waals surface area contributed by atoms with Gasteiger partial charge in [-0.1, -0.05) is 29.3 Å². The van der Waals surface area contributed by atoms with Crippen LogP contribution in [0.2, 0.25) is 10.0 Å². The van der Waals surface area contributed by atoms with Crippen molar-refractivity contribution in [3.63, 3.8) is 0 Å². The molecular weight excluding hydrogens is 412 g/mol. The first-order chi connectivity index (χ1) is 9.47. The third-order valence-electron chi connectivity index (χ3n) is 2.68. The predicted octanol–water partition coefficient (Wildman–Crippen LogP) is 4.13. The normalized spacial score (nSPS) is 10.6. The zero-order valence-corrected chi connectivity index (χ0v) is 14.3. The molecule has 7 heteroatoms. The topological polar surface area (TPSA) is 46.9 Å². The molecule has 0 bridgehead atoms. The molecule has 0 aliphatic rings. The average Bonchev–Trinajstić information content (AvgIpc) is 2.71. The maximum Gasteiger partial charge on any atom is 0.226 e. The smallest absolute Gasteiger partial charge is 0.226 e. The molecule has 0 saturated heterocycles. The molecular formula is C13H12Cl2IN3O. The summed E-state index contributed by atoms with van der Waals surface area (Å²) in [6.45, 7) is 2.44. The van der Waals surface area contributed by atoms with Gasteiger partial charge in [0.1, 0.15) is 0 Å². The zero-order chi connectivity index (χ0) is 14.7. The van der Waals surface area contributed by atoms with Gasteiger partial charge in [-0.3, -0.25) is 9.48 Å². The van der Waals surface area contributed by atoms with E-state index in [2.05, 4.69) is 33.0 Å². The van der Waals surface area contributed by atoms with Crippen LogP contribution in [-0.4, -0.2) is 15.7 Å². The second-order valence-corrected chi connectivity index (χ2v) is 6.20. The third-order valence-corrected chi connectivity index (χ3v) is 4.37. The van der Waals surface area contributed by atoms with E-state index in [0.717, 1.165) is 9.26 Å². The van der Waals surface area contributed by atoms with E-state index in [4.69, 9.17) is 23.2 Å². The van der Waals surface area contributed by atoms with E-state index >= 15 is 0 Å². The van der Waals surface area contributed by atoms with E-state index in [1.165, 1.54) is 0 Å². The second kappa shape index (κ2) is 6.78. The number of nitrogens with one attached hydrogen (secondary N) is 1. The molecule has 0 spiro atoms. The van der Waals surface area contributed by atoms with Crippen LogP contribution >= 0.6 is 45.8 Å². The summed E-state index contributed by atoms with van der Waals surface area (Å²) in [6, 6.07) is 5.10. The number of benzene rings is 1. The fourth-order valence-electron chi connectivity index (χ4n) is 1.64. The summed E-state index contributed by atoms with van der Waals surface area (Å²) in [5, 5.41) is 7.88. The van der Waals surface area contributed by atoms with Crippen LogP contribution in [0.5, 0.6) is 0 Å². The lowest BCUT2D eigenvalue weighted by atomic mass is 10.3. The maximum absolute atomic E-state index is 11.9. The van der Waals surface area contributed by atoms with Crippen LogP contribution in [0.15, 0.2) is 24.4 Å². The van der Waals surface area contributed by atoms with Crippen molar-refractivity contribution >= 4 is 57.4 Å². The number of aromatic nitrogens is 2. The van der Waals surface area contributed by atoms with Gasteiger partial charge in [-0.25, -0.2) is 0 Å². The first-order valence-corrected chi connectivity index (χ1v) is 7.74. The van der Waals surface area contributed by atoms with Gasteiger partial charge in [-0.2, -0.15) is 5.10 Å². The predicted molar refractivity (Wildman–Crippen MR) is 89.4 cm³/mol. The largest absolute Gasteiger partial charge is 0.323 e. The molecule has 1 N–H and O–H groups in total. The van der Waals surface area contributed by atoms with Crippen LogP contribution in [0.3, 0.4) is 0 Å². The summed E-state index contributed by atoms with van der Waals surface area (Å²) in [7, 11) is 0. The van der Waals surface area contributed by atoms with Crippen LogP contribution in [0, 0.1) is 10.5 Å². The van der Waals surface area contributed by atoms with Crippen molar-refractivity contribution in [1.82, 2.24) is 9.78 Å². The Balaban J connectivity index is 1.96. The lowest BCUT2D eigenvalue weighted by Crippen LogP contribution is -2.15. The quantitative estimate of drug-likeness (QED) is 0.751. The summed E-state index contributed by atoms with van der Waals surface area (Å²) in [5.74, 6) is -0.150. The van der Waals surface area contributed by atoms with Crippen molar-refractivity contribution in [3.05, 3.63) is 43.7 Å². The number of amides is 1. The molecule has 0 aliphatic heterocycles. The molecule has 106 valence electrons. The van der Waals surface area contributed by atoms with Gasteiger partial charge < -0.3 is 5.32 Å². The van der Waals surface area contributed by atoms with Gasteiger partial charge in [0.05, 0.1) is 25.0 Å². The Labute approximate surface area is 140 Å². The number of aryl methyl sites for hydroxylation is 2. The minimum Gasteiger partial charge on any atom is -0.323 e. The Kier molecular flexibility index (Phi) is 5.29. The molecule has 0 unspecified atom stereocenters. The molecule has 1 aromatic heterocycles. The Morgan fingerprint density at radius 2 is 2.05 bits per heavy atom. The van der Waals surface area contributed by atoms with Crippen LogP contribution in [0.25, 0.3) is 0 Å². The second-order valence-electron chi connectivity index (χ2n) is 4.22. The monoisotopic (exact) mass is 423 g/mol. The molecule has 1 amide bonds. The Bertz CT molecular complexity index is 603. The Morgan fingerprint density at radius 3 is 2.60 bits per heavy atom. The first-order valence-electron chi connectivity index (χ1n) is 5.91. The van der Waals surface area contributed by atoms with E-state index < -0.39 is 0 Å². The average molecular weight is 424 g/mol. The fourth-order valence-corrected chi connectivity index (χ4v) is 2.56. The van der Waals surface area contributed by atoms with Crippen molar-refractivity contribution in [3.8, 4) is 0 Å². The van der Waals surface area contributed by atoms with E-state index in [0.29, 0.717) is 28.7 Å². The molecule has 2 aromatic rings. The molecule has 0 fully saturated rings. The zero-order valence-electron chi connectivity index (χ0n) is 10.7. The molecule has 4 nitrogen and oxygen atoms in total. The van der Waals surface area contributed by atoms with Gasteiger partial charge in [-0.15, -0.1) is 0 Å². The van der Waals surface area contributed by atoms with Crippen LogP contribution in [0.1, 0.15) is 12.1 Å². The summed E-state index contributed by atoms with van der Waals surface area (Å²) < 4.78 is 2.84. The summed E-state index contributed by atoms with van der Waals surface area (Å²) in [5.41, 5.74) is 1.41. The minimum atomic E-state index is -0.150. The van der Waals surface area contributed by atoms with Gasteiger partial charge >= 0.3 is 0 Å². The van der Waals surface area contributed by atoms with Gasteiger partial charge in [-0.05, 0) is 41.6 Å². The van der Waals surface area contributed by atoms with Gasteiger partial charge in [0.15, 0.2) is 0 Å². The van der Waals surface area contributed by atoms with Gasteiger partial charge in [0.25, 0.3) is 0 Å². The highest BCUT2D eigenvalue weighted by Gasteiger charge is 2.10. The van der Waals surface area contributed by atoms with Gasteiger partial charge in [0.2, 0.25) is 5.91 Å². The Morgan fingerprint density at radius 1 is 1.40 bits per heavy atom.